The fraction of sp³-hybridized carbons (Fsp3) is 0.133. The van der Waals surface area contributed by atoms with Gasteiger partial charge in [-0.25, -0.2) is 0 Å². The van der Waals surface area contributed by atoms with Crippen molar-refractivity contribution in [2.24, 2.45) is 0 Å². The summed E-state index contributed by atoms with van der Waals surface area (Å²) in [6, 6.07) is 10.0. The van der Waals surface area contributed by atoms with Crippen LogP contribution in [0.1, 0.15) is 15.9 Å². The molecule has 2 nitrogen and oxygen atoms in total. The molecule has 0 aliphatic rings. The highest BCUT2D eigenvalue weighted by molar-refractivity contribution is 9.12. The standard InChI is InChI=1S/C15H11Br2NOS/c1-9-7-18(12-5-3-2-4-10(9)12)8-13(19)11-6-14(16)20-15(11)17/h2-7H,8H2,1H3. The average molecular weight is 413 g/mol. The number of carbonyl (C=O) groups is 1. The Kier molecular flexibility index (Phi) is 3.84. The molecule has 0 spiro atoms. The first kappa shape index (κ1) is 14.0. The number of para-hydroxylation sites is 1. The Morgan fingerprint density at radius 1 is 1.30 bits per heavy atom. The second kappa shape index (κ2) is 5.47. The molecule has 0 N–H and O–H groups in total. The van der Waals surface area contributed by atoms with Crippen molar-refractivity contribution in [3.8, 4) is 0 Å². The molecule has 0 fully saturated rings. The van der Waals surface area contributed by atoms with Gasteiger partial charge in [0, 0.05) is 22.7 Å². The van der Waals surface area contributed by atoms with Crippen LogP contribution in [0.5, 0.6) is 0 Å². The number of carbonyl (C=O) groups excluding carboxylic acids is 1. The molecular formula is C15H11Br2NOS. The van der Waals surface area contributed by atoms with Crippen LogP contribution in [0, 0.1) is 6.92 Å². The number of aryl methyl sites for hydroxylation is 1. The lowest BCUT2D eigenvalue weighted by Crippen LogP contribution is -2.09. The van der Waals surface area contributed by atoms with Crippen molar-refractivity contribution in [1.82, 2.24) is 4.57 Å². The molecule has 5 heteroatoms. The number of nitrogens with zero attached hydrogens (tertiary/aromatic N) is 1. The van der Waals surface area contributed by atoms with Crippen molar-refractivity contribution in [2.75, 3.05) is 0 Å². The van der Waals surface area contributed by atoms with E-state index in [1.807, 2.05) is 35.0 Å². The predicted molar refractivity (Wildman–Crippen MR) is 90.7 cm³/mol. The zero-order valence-corrected chi connectivity index (χ0v) is 14.7. The van der Waals surface area contributed by atoms with E-state index in [1.165, 1.54) is 22.3 Å². The molecule has 3 aromatic rings. The summed E-state index contributed by atoms with van der Waals surface area (Å²) in [6.07, 6.45) is 2.04. The maximum atomic E-state index is 12.4. The molecule has 20 heavy (non-hydrogen) atoms. The van der Waals surface area contributed by atoms with Crippen LogP contribution in [0.3, 0.4) is 0 Å². The summed E-state index contributed by atoms with van der Waals surface area (Å²) in [5, 5.41) is 1.20. The lowest BCUT2D eigenvalue weighted by Gasteiger charge is -2.04. The van der Waals surface area contributed by atoms with Crippen molar-refractivity contribution in [2.45, 2.75) is 13.5 Å². The van der Waals surface area contributed by atoms with Gasteiger partial charge in [0.05, 0.1) is 14.1 Å². The second-order valence-corrected chi connectivity index (χ2v) is 8.37. The van der Waals surface area contributed by atoms with Gasteiger partial charge < -0.3 is 4.57 Å². The first-order valence-electron chi connectivity index (χ1n) is 6.09. The van der Waals surface area contributed by atoms with Crippen molar-refractivity contribution in [1.29, 1.82) is 0 Å². The van der Waals surface area contributed by atoms with E-state index in [0.717, 1.165) is 18.7 Å². The molecule has 3 rings (SSSR count). The lowest BCUT2D eigenvalue weighted by atomic mass is 10.2. The van der Waals surface area contributed by atoms with E-state index in [1.54, 1.807) is 0 Å². The Balaban J connectivity index is 1.97. The minimum absolute atomic E-state index is 0.111. The highest BCUT2D eigenvalue weighted by Crippen LogP contribution is 2.32. The third-order valence-corrected chi connectivity index (χ3v) is 5.60. The Bertz CT molecular complexity index is 803. The highest BCUT2D eigenvalue weighted by Gasteiger charge is 2.15. The molecular weight excluding hydrogens is 402 g/mol. The Morgan fingerprint density at radius 2 is 2.05 bits per heavy atom. The van der Waals surface area contributed by atoms with E-state index in [4.69, 9.17) is 0 Å². The quantitative estimate of drug-likeness (QED) is 0.526. The van der Waals surface area contributed by atoms with Gasteiger partial charge in [-0.05, 0) is 56.5 Å². The lowest BCUT2D eigenvalue weighted by molar-refractivity contribution is 0.0973. The number of ketones is 1. The van der Waals surface area contributed by atoms with Gasteiger partial charge in [0.25, 0.3) is 0 Å². The number of hydrogen-bond acceptors (Lipinski definition) is 2. The summed E-state index contributed by atoms with van der Waals surface area (Å²) in [5.74, 6) is 0.111. The van der Waals surface area contributed by atoms with E-state index in [2.05, 4.69) is 44.8 Å². The fourth-order valence-electron chi connectivity index (χ4n) is 2.33. The van der Waals surface area contributed by atoms with E-state index >= 15 is 0 Å². The predicted octanol–water partition coefficient (Wildman–Crippen LogP) is 5.42. The number of rotatable bonds is 3. The number of hydrogen-bond donors (Lipinski definition) is 0. The van der Waals surface area contributed by atoms with E-state index in [-0.39, 0.29) is 5.78 Å². The number of Topliss-reactive ketones (excluding diaryl/α,β-unsaturated/α-hetero) is 1. The minimum Gasteiger partial charge on any atom is -0.339 e. The third kappa shape index (κ3) is 2.50. The van der Waals surface area contributed by atoms with Crippen molar-refractivity contribution < 1.29 is 4.79 Å². The molecule has 0 amide bonds. The Morgan fingerprint density at radius 3 is 2.75 bits per heavy atom. The zero-order chi connectivity index (χ0) is 14.3. The van der Waals surface area contributed by atoms with Gasteiger partial charge in [-0.3, -0.25) is 4.79 Å². The van der Waals surface area contributed by atoms with E-state index in [0.29, 0.717) is 6.54 Å². The summed E-state index contributed by atoms with van der Waals surface area (Å²) in [6.45, 7) is 2.43. The summed E-state index contributed by atoms with van der Waals surface area (Å²) in [5.41, 5.74) is 3.03. The molecule has 0 aliphatic heterocycles. The monoisotopic (exact) mass is 411 g/mol. The van der Waals surface area contributed by atoms with Gasteiger partial charge in [0.2, 0.25) is 0 Å². The Labute approximate surface area is 137 Å². The second-order valence-electron chi connectivity index (χ2n) is 4.62. The van der Waals surface area contributed by atoms with Crippen LogP contribution in [0.2, 0.25) is 0 Å². The zero-order valence-electron chi connectivity index (χ0n) is 10.7. The van der Waals surface area contributed by atoms with Crippen LogP contribution in [0.4, 0.5) is 0 Å². The Hall–Kier alpha value is -0.910. The topological polar surface area (TPSA) is 22.0 Å². The normalized spacial score (nSPS) is 11.2. The number of halogens is 2. The first-order chi connectivity index (χ1) is 9.56. The SMILES string of the molecule is Cc1cn(CC(=O)c2cc(Br)sc2Br)c2ccccc12. The van der Waals surface area contributed by atoms with Gasteiger partial charge in [0.1, 0.15) is 0 Å². The van der Waals surface area contributed by atoms with Crippen LogP contribution >= 0.6 is 43.2 Å². The molecule has 2 heterocycles. The number of aromatic nitrogens is 1. The molecule has 2 aromatic heterocycles. The van der Waals surface area contributed by atoms with Gasteiger partial charge >= 0.3 is 0 Å². The van der Waals surface area contributed by atoms with Gasteiger partial charge in [-0.2, -0.15) is 0 Å². The van der Waals surface area contributed by atoms with E-state index < -0.39 is 0 Å². The number of benzene rings is 1. The molecule has 0 atom stereocenters. The third-order valence-electron chi connectivity index (χ3n) is 3.26. The molecule has 0 saturated heterocycles. The average Bonchev–Trinajstić information content (AvgIpc) is 2.91. The van der Waals surface area contributed by atoms with Crippen LogP contribution in [-0.4, -0.2) is 10.4 Å². The molecule has 0 unspecified atom stereocenters. The van der Waals surface area contributed by atoms with Crippen molar-refractivity contribution in [3.63, 3.8) is 0 Å². The summed E-state index contributed by atoms with van der Waals surface area (Å²) >= 11 is 8.37. The summed E-state index contributed by atoms with van der Waals surface area (Å²) < 4.78 is 3.86. The summed E-state index contributed by atoms with van der Waals surface area (Å²) in [4.78, 5) is 12.4. The number of fused-ring (bicyclic) bond motifs is 1. The van der Waals surface area contributed by atoms with Crippen molar-refractivity contribution >= 4 is 59.9 Å². The molecule has 1 aromatic carbocycles. The maximum absolute atomic E-state index is 12.4. The molecule has 102 valence electrons. The fourth-order valence-corrected chi connectivity index (χ4v) is 5.19. The van der Waals surface area contributed by atoms with Crippen LogP contribution < -0.4 is 0 Å². The van der Waals surface area contributed by atoms with Gasteiger partial charge in [0.15, 0.2) is 5.78 Å². The van der Waals surface area contributed by atoms with Gasteiger partial charge in [-0.15, -0.1) is 11.3 Å². The smallest absolute Gasteiger partial charge is 0.184 e. The molecule has 0 bridgehead atoms. The van der Waals surface area contributed by atoms with Gasteiger partial charge in [-0.1, -0.05) is 18.2 Å². The minimum atomic E-state index is 0.111. The van der Waals surface area contributed by atoms with Crippen LogP contribution in [-0.2, 0) is 6.54 Å². The molecule has 0 radical (unpaired) electrons. The first-order valence-corrected chi connectivity index (χ1v) is 8.49. The molecule has 0 saturated carbocycles. The highest BCUT2D eigenvalue weighted by atomic mass is 79.9. The van der Waals surface area contributed by atoms with Crippen LogP contribution in [0.15, 0.2) is 44.1 Å². The largest absolute Gasteiger partial charge is 0.339 e. The van der Waals surface area contributed by atoms with Crippen molar-refractivity contribution in [3.05, 3.63) is 55.2 Å². The van der Waals surface area contributed by atoms with E-state index in [9.17, 15) is 4.79 Å². The number of thiophene rings is 1. The molecule has 0 aliphatic carbocycles. The summed E-state index contributed by atoms with van der Waals surface area (Å²) in [7, 11) is 0. The van der Waals surface area contributed by atoms with Crippen LogP contribution in [0.25, 0.3) is 10.9 Å². The maximum Gasteiger partial charge on any atom is 0.184 e.